The molecule has 0 atom stereocenters. The Hall–Kier alpha value is -0.830. The van der Waals surface area contributed by atoms with Crippen LogP contribution < -0.4 is 0 Å². The van der Waals surface area contributed by atoms with Gasteiger partial charge in [-0.05, 0) is 6.92 Å². The maximum Gasteiger partial charge on any atom is 0.307 e. The van der Waals surface area contributed by atoms with Gasteiger partial charge in [0.15, 0.2) is 0 Å². The molecule has 0 spiro atoms. The van der Waals surface area contributed by atoms with E-state index in [2.05, 4.69) is 0 Å². The Labute approximate surface area is 60.3 Å². The van der Waals surface area contributed by atoms with E-state index in [0.29, 0.717) is 13.2 Å². The minimum Gasteiger partial charge on any atom is -0.481 e. The van der Waals surface area contributed by atoms with E-state index in [1.54, 1.807) is 12.2 Å². The Morgan fingerprint density at radius 1 is 1.60 bits per heavy atom. The van der Waals surface area contributed by atoms with Crippen LogP contribution in [0.15, 0.2) is 12.2 Å². The van der Waals surface area contributed by atoms with Crippen molar-refractivity contribution in [3.8, 4) is 0 Å². The van der Waals surface area contributed by atoms with Crippen molar-refractivity contribution >= 4 is 5.97 Å². The van der Waals surface area contributed by atoms with Gasteiger partial charge >= 0.3 is 5.97 Å². The fourth-order valence-electron chi connectivity index (χ4n) is 0.438. The number of carbonyl (C=O) groups is 1. The van der Waals surface area contributed by atoms with Crippen LogP contribution in [0.2, 0.25) is 0 Å². The van der Waals surface area contributed by atoms with Crippen LogP contribution in [-0.4, -0.2) is 24.3 Å². The van der Waals surface area contributed by atoms with E-state index >= 15 is 0 Å². The summed E-state index contributed by atoms with van der Waals surface area (Å²) in [6, 6.07) is 0. The summed E-state index contributed by atoms with van der Waals surface area (Å²) in [6.45, 7) is 3.06. The van der Waals surface area contributed by atoms with Crippen LogP contribution in [0, 0.1) is 0 Å². The Kier molecular flexibility index (Phi) is 5.77. The fourth-order valence-corrected chi connectivity index (χ4v) is 0.438. The van der Waals surface area contributed by atoms with Crippen LogP contribution in [0.1, 0.15) is 13.3 Å². The average Bonchev–Trinajstić information content (AvgIpc) is 1.87. The largest absolute Gasteiger partial charge is 0.481 e. The van der Waals surface area contributed by atoms with Gasteiger partial charge in [-0.1, -0.05) is 12.2 Å². The highest BCUT2D eigenvalue weighted by molar-refractivity contribution is 5.68. The molecule has 0 aromatic rings. The highest BCUT2D eigenvalue weighted by Gasteiger charge is 1.87. The van der Waals surface area contributed by atoms with Crippen LogP contribution in [0.3, 0.4) is 0 Å². The monoisotopic (exact) mass is 144 g/mol. The lowest BCUT2D eigenvalue weighted by Crippen LogP contribution is -1.92. The molecule has 0 saturated carbocycles. The van der Waals surface area contributed by atoms with Gasteiger partial charge in [0.2, 0.25) is 0 Å². The maximum atomic E-state index is 9.94. The molecule has 0 amide bonds. The summed E-state index contributed by atoms with van der Waals surface area (Å²) in [5, 5.41) is 8.18. The third-order valence-corrected chi connectivity index (χ3v) is 0.877. The van der Waals surface area contributed by atoms with Gasteiger partial charge in [0.1, 0.15) is 0 Å². The second kappa shape index (κ2) is 6.29. The zero-order valence-electron chi connectivity index (χ0n) is 6.04. The molecule has 58 valence electrons. The predicted octanol–water partition coefficient (Wildman–Crippen LogP) is 1.05. The maximum absolute atomic E-state index is 9.94. The normalized spacial score (nSPS) is 10.5. The summed E-state index contributed by atoms with van der Waals surface area (Å²) in [5.74, 6) is -0.812. The molecular weight excluding hydrogens is 132 g/mol. The Balaban J connectivity index is 3.12. The fraction of sp³-hybridized carbons (Fsp3) is 0.571. The van der Waals surface area contributed by atoms with Crippen molar-refractivity contribution in [2.24, 2.45) is 0 Å². The van der Waals surface area contributed by atoms with Gasteiger partial charge in [-0.3, -0.25) is 4.79 Å². The second-order valence-electron chi connectivity index (χ2n) is 1.73. The molecule has 0 saturated heterocycles. The van der Waals surface area contributed by atoms with Gasteiger partial charge in [0, 0.05) is 6.61 Å². The van der Waals surface area contributed by atoms with Crippen LogP contribution in [-0.2, 0) is 9.53 Å². The van der Waals surface area contributed by atoms with Crippen molar-refractivity contribution in [3.63, 3.8) is 0 Å². The van der Waals surface area contributed by atoms with Crippen LogP contribution in [0.25, 0.3) is 0 Å². The minimum absolute atomic E-state index is 0.0765. The minimum atomic E-state index is -0.812. The highest BCUT2D eigenvalue weighted by Crippen LogP contribution is 1.83. The van der Waals surface area contributed by atoms with E-state index in [4.69, 9.17) is 9.84 Å². The molecule has 0 aliphatic rings. The summed E-state index contributed by atoms with van der Waals surface area (Å²) in [4.78, 5) is 9.94. The number of rotatable bonds is 5. The van der Waals surface area contributed by atoms with Crippen molar-refractivity contribution < 1.29 is 14.6 Å². The first kappa shape index (κ1) is 9.17. The van der Waals surface area contributed by atoms with Crippen LogP contribution in [0.5, 0.6) is 0 Å². The molecule has 10 heavy (non-hydrogen) atoms. The van der Waals surface area contributed by atoms with E-state index in [0.717, 1.165) is 0 Å². The van der Waals surface area contributed by atoms with Gasteiger partial charge in [-0.25, -0.2) is 0 Å². The third-order valence-electron chi connectivity index (χ3n) is 0.877. The molecule has 0 bridgehead atoms. The topological polar surface area (TPSA) is 46.5 Å². The van der Waals surface area contributed by atoms with E-state index in [1.165, 1.54) is 0 Å². The SMILES string of the molecule is CCOCC=CCC(=O)O. The smallest absolute Gasteiger partial charge is 0.307 e. The summed E-state index contributed by atoms with van der Waals surface area (Å²) >= 11 is 0. The molecule has 0 rings (SSSR count). The molecule has 0 aromatic heterocycles. The molecule has 0 radical (unpaired) electrons. The van der Waals surface area contributed by atoms with E-state index in [9.17, 15) is 4.79 Å². The molecule has 3 nitrogen and oxygen atoms in total. The molecule has 0 aliphatic heterocycles. The summed E-state index contributed by atoms with van der Waals surface area (Å²) in [6.07, 6.45) is 3.36. The third kappa shape index (κ3) is 7.17. The van der Waals surface area contributed by atoms with Crippen molar-refractivity contribution in [2.75, 3.05) is 13.2 Å². The van der Waals surface area contributed by atoms with Gasteiger partial charge < -0.3 is 9.84 Å². The molecule has 1 N–H and O–H groups in total. The van der Waals surface area contributed by atoms with E-state index in [1.807, 2.05) is 6.92 Å². The zero-order chi connectivity index (χ0) is 7.82. The standard InChI is InChI=1S/C7H12O3/c1-2-10-6-4-3-5-7(8)9/h3-4H,2,5-6H2,1H3,(H,8,9). The Morgan fingerprint density at radius 3 is 2.80 bits per heavy atom. The van der Waals surface area contributed by atoms with Gasteiger partial charge in [0.25, 0.3) is 0 Å². The number of aliphatic carboxylic acids is 1. The number of carboxylic acids is 1. The first-order valence-electron chi connectivity index (χ1n) is 3.22. The number of hydrogen-bond donors (Lipinski definition) is 1. The zero-order valence-corrected chi connectivity index (χ0v) is 6.04. The molecule has 0 heterocycles. The van der Waals surface area contributed by atoms with Crippen LogP contribution >= 0.6 is 0 Å². The predicted molar refractivity (Wildman–Crippen MR) is 37.9 cm³/mol. The van der Waals surface area contributed by atoms with Gasteiger partial charge in [0.05, 0.1) is 13.0 Å². The Bertz CT molecular complexity index is 118. The first-order valence-corrected chi connectivity index (χ1v) is 3.22. The Morgan fingerprint density at radius 2 is 2.30 bits per heavy atom. The lowest BCUT2D eigenvalue weighted by atomic mass is 10.4. The molecule has 0 aromatic carbocycles. The summed E-state index contributed by atoms with van der Waals surface area (Å²) < 4.78 is 4.94. The number of hydrogen-bond acceptors (Lipinski definition) is 2. The van der Waals surface area contributed by atoms with E-state index in [-0.39, 0.29) is 6.42 Å². The quantitative estimate of drug-likeness (QED) is 0.463. The molecule has 0 unspecified atom stereocenters. The van der Waals surface area contributed by atoms with Crippen molar-refractivity contribution in [1.82, 2.24) is 0 Å². The molecule has 0 aliphatic carbocycles. The number of carboxylic acid groups (broad SMARTS) is 1. The van der Waals surface area contributed by atoms with Crippen LogP contribution in [0.4, 0.5) is 0 Å². The highest BCUT2D eigenvalue weighted by atomic mass is 16.5. The van der Waals surface area contributed by atoms with Gasteiger partial charge in [-0.15, -0.1) is 0 Å². The van der Waals surface area contributed by atoms with Gasteiger partial charge in [-0.2, -0.15) is 0 Å². The van der Waals surface area contributed by atoms with E-state index < -0.39 is 5.97 Å². The lowest BCUT2D eigenvalue weighted by molar-refractivity contribution is -0.136. The second-order valence-corrected chi connectivity index (χ2v) is 1.73. The molecule has 3 heteroatoms. The summed E-state index contributed by atoms with van der Waals surface area (Å²) in [5.41, 5.74) is 0. The summed E-state index contributed by atoms with van der Waals surface area (Å²) in [7, 11) is 0. The van der Waals surface area contributed by atoms with Crippen molar-refractivity contribution in [1.29, 1.82) is 0 Å². The molecular formula is C7H12O3. The van der Waals surface area contributed by atoms with Crippen molar-refractivity contribution in [3.05, 3.63) is 12.2 Å². The lowest BCUT2D eigenvalue weighted by Gasteiger charge is -1.91. The average molecular weight is 144 g/mol. The first-order chi connectivity index (χ1) is 4.77. The number of ether oxygens (including phenoxy) is 1. The van der Waals surface area contributed by atoms with Crippen molar-refractivity contribution in [2.45, 2.75) is 13.3 Å². The molecule has 0 fully saturated rings.